The van der Waals surface area contributed by atoms with Gasteiger partial charge in [-0.2, -0.15) is 0 Å². The number of nitrogens with zero attached hydrogens (tertiary/aromatic N) is 3. The maximum absolute atomic E-state index is 13.4. The molecule has 4 heterocycles. The summed E-state index contributed by atoms with van der Waals surface area (Å²) in [6.07, 6.45) is 5.74. The summed E-state index contributed by atoms with van der Waals surface area (Å²) in [6.45, 7) is 9.15. The van der Waals surface area contributed by atoms with Gasteiger partial charge in [0.2, 0.25) is 11.8 Å². The molecule has 1 aromatic rings. The van der Waals surface area contributed by atoms with Crippen LogP contribution in [0, 0.1) is 5.92 Å². The number of likely N-dealkylation sites (tertiary alicyclic amines) is 1. The second kappa shape index (κ2) is 10.5. The molecular formula is C26H37N5O3. The lowest BCUT2D eigenvalue weighted by Crippen LogP contribution is -2.52. The highest BCUT2D eigenvalue weighted by Crippen LogP contribution is 2.31. The number of carbonyl (C=O) groups excluding carboxylic acids is 3. The maximum Gasteiger partial charge on any atom is 0.255 e. The normalized spacial score (nSPS) is 26.6. The van der Waals surface area contributed by atoms with E-state index in [9.17, 15) is 14.4 Å². The molecule has 2 atom stereocenters. The van der Waals surface area contributed by atoms with Crippen LogP contribution in [0.25, 0.3) is 0 Å². The predicted molar refractivity (Wildman–Crippen MR) is 129 cm³/mol. The number of rotatable bonds is 7. The van der Waals surface area contributed by atoms with Crippen LogP contribution in [0.3, 0.4) is 0 Å². The fraction of sp³-hybridized carbons (Fsp3) is 0.654. The van der Waals surface area contributed by atoms with E-state index in [1.807, 2.05) is 12.1 Å². The van der Waals surface area contributed by atoms with Gasteiger partial charge in [-0.05, 0) is 62.2 Å². The van der Waals surface area contributed by atoms with Crippen LogP contribution in [0.5, 0.6) is 0 Å². The Balaban J connectivity index is 1.18. The van der Waals surface area contributed by atoms with Gasteiger partial charge in [0.25, 0.3) is 5.91 Å². The van der Waals surface area contributed by atoms with Gasteiger partial charge >= 0.3 is 0 Å². The van der Waals surface area contributed by atoms with Gasteiger partial charge in [-0.15, -0.1) is 0 Å². The third-order valence-corrected chi connectivity index (χ3v) is 7.93. The molecule has 0 saturated carbocycles. The van der Waals surface area contributed by atoms with Crippen molar-refractivity contribution in [3.8, 4) is 0 Å². The van der Waals surface area contributed by atoms with Crippen molar-refractivity contribution >= 4 is 17.7 Å². The number of piperidine rings is 2. The third-order valence-electron chi connectivity index (χ3n) is 7.93. The van der Waals surface area contributed by atoms with Crippen molar-refractivity contribution in [3.05, 3.63) is 34.9 Å². The number of amides is 3. The molecule has 0 aliphatic carbocycles. The Bertz CT molecular complexity index is 929. The van der Waals surface area contributed by atoms with Gasteiger partial charge in [0, 0.05) is 57.8 Å². The predicted octanol–water partition coefficient (Wildman–Crippen LogP) is 1.35. The van der Waals surface area contributed by atoms with E-state index >= 15 is 0 Å². The summed E-state index contributed by atoms with van der Waals surface area (Å²) in [6, 6.07) is 5.54. The number of imide groups is 1. The van der Waals surface area contributed by atoms with Crippen molar-refractivity contribution in [2.24, 2.45) is 5.92 Å². The van der Waals surface area contributed by atoms with Crippen molar-refractivity contribution in [1.29, 1.82) is 0 Å². The van der Waals surface area contributed by atoms with Crippen LogP contribution < -0.4 is 10.6 Å². The first kappa shape index (κ1) is 23.5. The van der Waals surface area contributed by atoms with E-state index in [-0.39, 0.29) is 24.1 Å². The minimum absolute atomic E-state index is 0.0651. The summed E-state index contributed by atoms with van der Waals surface area (Å²) in [5.74, 6) is 0.0612. The Labute approximate surface area is 202 Å². The zero-order valence-corrected chi connectivity index (χ0v) is 20.1. The molecule has 0 radical (unpaired) electrons. The van der Waals surface area contributed by atoms with Gasteiger partial charge in [-0.25, -0.2) is 0 Å². The largest absolute Gasteiger partial charge is 0.322 e. The molecule has 0 spiro atoms. The Morgan fingerprint density at radius 3 is 2.68 bits per heavy atom. The average molecular weight is 468 g/mol. The number of hydrogen-bond acceptors (Lipinski definition) is 6. The SMILES string of the molecule is O=C1CCC(N2Cc3cccc(CN4CCCC(CCCN5CCNCC5)C4)c3C2=O)C(=O)N1. The van der Waals surface area contributed by atoms with Gasteiger partial charge in [0.05, 0.1) is 0 Å². The number of hydrogen-bond donors (Lipinski definition) is 2. The van der Waals surface area contributed by atoms with Crippen LogP contribution in [0.2, 0.25) is 0 Å². The van der Waals surface area contributed by atoms with Crippen LogP contribution in [-0.2, 0) is 22.7 Å². The molecule has 3 fully saturated rings. The molecule has 34 heavy (non-hydrogen) atoms. The zero-order valence-electron chi connectivity index (χ0n) is 20.1. The summed E-state index contributed by atoms with van der Waals surface area (Å²) >= 11 is 0. The van der Waals surface area contributed by atoms with Gasteiger partial charge in [0.1, 0.15) is 6.04 Å². The molecule has 3 amide bonds. The van der Waals surface area contributed by atoms with Gasteiger partial charge in [-0.3, -0.25) is 24.6 Å². The summed E-state index contributed by atoms with van der Waals surface area (Å²) < 4.78 is 0. The minimum Gasteiger partial charge on any atom is -0.322 e. The van der Waals surface area contributed by atoms with Gasteiger partial charge in [0.15, 0.2) is 0 Å². The maximum atomic E-state index is 13.4. The first-order chi connectivity index (χ1) is 16.6. The highest BCUT2D eigenvalue weighted by atomic mass is 16.2. The number of nitrogens with one attached hydrogen (secondary N) is 2. The molecule has 4 aliphatic rings. The topological polar surface area (TPSA) is 85.0 Å². The highest BCUT2D eigenvalue weighted by Gasteiger charge is 2.40. The van der Waals surface area contributed by atoms with Crippen molar-refractivity contribution < 1.29 is 14.4 Å². The monoisotopic (exact) mass is 467 g/mol. The molecule has 8 nitrogen and oxygen atoms in total. The lowest BCUT2D eigenvalue weighted by atomic mass is 9.92. The van der Waals surface area contributed by atoms with Crippen LogP contribution in [-0.4, -0.2) is 84.3 Å². The van der Waals surface area contributed by atoms with Crippen LogP contribution in [0.1, 0.15) is 60.0 Å². The molecule has 4 aliphatic heterocycles. The molecule has 0 aromatic heterocycles. The van der Waals surface area contributed by atoms with E-state index in [2.05, 4.69) is 26.5 Å². The third kappa shape index (κ3) is 5.19. The number of carbonyl (C=O) groups is 3. The second-order valence-corrected chi connectivity index (χ2v) is 10.3. The van der Waals surface area contributed by atoms with E-state index in [4.69, 9.17) is 0 Å². The van der Waals surface area contributed by atoms with E-state index in [1.165, 1.54) is 45.3 Å². The molecule has 1 aromatic carbocycles. The van der Waals surface area contributed by atoms with E-state index < -0.39 is 6.04 Å². The average Bonchev–Trinajstić information content (AvgIpc) is 3.17. The highest BCUT2D eigenvalue weighted by molar-refractivity contribution is 6.05. The summed E-state index contributed by atoms with van der Waals surface area (Å²) in [5, 5.41) is 5.81. The van der Waals surface area contributed by atoms with Gasteiger partial charge in [-0.1, -0.05) is 18.2 Å². The molecule has 2 N–H and O–H groups in total. The standard InChI is InChI=1S/C26H37N5O3/c32-23-9-8-22(25(33)28-23)31-18-21-7-1-6-20(24(21)26(31)34)17-30-13-3-5-19(16-30)4-2-12-29-14-10-27-11-15-29/h1,6-7,19,22,27H,2-5,8-18H2,(H,28,32,33). The Morgan fingerprint density at radius 1 is 1.00 bits per heavy atom. The molecule has 184 valence electrons. The van der Waals surface area contributed by atoms with Crippen LogP contribution in [0.15, 0.2) is 18.2 Å². The fourth-order valence-electron chi connectivity index (χ4n) is 6.13. The van der Waals surface area contributed by atoms with Crippen molar-refractivity contribution in [2.45, 2.75) is 57.7 Å². The lowest BCUT2D eigenvalue weighted by molar-refractivity contribution is -0.136. The first-order valence-corrected chi connectivity index (χ1v) is 13.0. The quantitative estimate of drug-likeness (QED) is 0.589. The number of benzene rings is 1. The van der Waals surface area contributed by atoms with Crippen LogP contribution in [0.4, 0.5) is 0 Å². The summed E-state index contributed by atoms with van der Waals surface area (Å²) in [4.78, 5) is 44.0. The molecule has 2 unspecified atom stereocenters. The molecule has 3 saturated heterocycles. The fourth-order valence-corrected chi connectivity index (χ4v) is 6.13. The zero-order chi connectivity index (χ0) is 23.5. The lowest BCUT2D eigenvalue weighted by Gasteiger charge is -2.34. The number of fused-ring (bicyclic) bond motifs is 1. The number of piperazine rings is 1. The first-order valence-electron chi connectivity index (χ1n) is 13.0. The Morgan fingerprint density at radius 2 is 1.85 bits per heavy atom. The van der Waals surface area contributed by atoms with E-state index in [0.29, 0.717) is 13.0 Å². The molecule has 8 heteroatoms. The smallest absolute Gasteiger partial charge is 0.255 e. The molecule has 0 bridgehead atoms. The molecule has 5 rings (SSSR count). The van der Waals surface area contributed by atoms with Gasteiger partial charge < -0.3 is 15.1 Å². The van der Waals surface area contributed by atoms with Crippen LogP contribution >= 0.6 is 0 Å². The minimum atomic E-state index is -0.555. The van der Waals surface area contributed by atoms with Crippen molar-refractivity contribution in [2.75, 3.05) is 45.8 Å². The van der Waals surface area contributed by atoms with Crippen molar-refractivity contribution in [1.82, 2.24) is 25.3 Å². The summed E-state index contributed by atoms with van der Waals surface area (Å²) in [5.41, 5.74) is 2.84. The Hall–Kier alpha value is -2.29. The summed E-state index contributed by atoms with van der Waals surface area (Å²) in [7, 11) is 0. The molecular weight excluding hydrogens is 430 g/mol. The Kier molecular flexibility index (Phi) is 7.27. The van der Waals surface area contributed by atoms with Crippen molar-refractivity contribution in [3.63, 3.8) is 0 Å². The van der Waals surface area contributed by atoms with E-state index in [0.717, 1.165) is 55.3 Å². The second-order valence-electron chi connectivity index (χ2n) is 10.3. The van der Waals surface area contributed by atoms with E-state index in [1.54, 1.807) is 4.90 Å².